The Hall–Kier alpha value is -3.72. The van der Waals surface area contributed by atoms with Crippen LogP contribution in [0.3, 0.4) is 0 Å². The number of nitrogens with zero attached hydrogens (tertiary/aromatic N) is 4. The maximum atomic E-state index is 13.3. The highest BCUT2D eigenvalue weighted by molar-refractivity contribution is 5.74. The molecule has 0 unspecified atom stereocenters. The fraction of sp³-hybridized carbons (Fsp3) is 0.227. The lowest BCUT2D eigenvalue weighted by molar-refractivity contribution is 0.191. The number of aliphatic hydroxyl groups is 1. The van der Waals surface area contributed by atoms with Crippen LogP contribution >= 0.6 is 0 Å². The molecule has 2 N–H and O–H groups in total. The van der Waals surface area contributed by atoms with E-state index < -0.39 is 17.4 Å². The molecule has 0 spiro atoms. The molecule has 0 aliphatic heterocycles. The van der Waals surface area contributed by atoms with Crippen LogP contribution in [0.5, 0.6) is 0 Å². The van der Waals surface area contributed by atoms with Gasteiger partial charge in [-0.2, -0.15) is 4.98 Å². The topological polar surface area (TPSA) is 94.1 Å². The molecular weight excluding hydrogens is 401 g/mol. The fourth-order valence-electron chi connectivity index (χ4n) is 3.49. The smallest absolute Gasteiger partial charge is 0.332 e. The second-order valence-corrected chi connectivity index (χ2v) is 7.33. The van der Waals surface area contributed by atoms with Gasteiger partial charge in [-0.1, -0.05) is 42.5 Å². The Morgan fingerprint density at radius 3 is 2.39 bits per heavy atom. The minimum atomic E-state index is -0.799. The first-order valence-corrected chi connectivity index (χ1v) is 9.74. The molecule has 0 fully saturated rings. The molecule has 2 aromatic carbocycles. The van der Waals surface area contributed by atoms with E-state index in [1.54, 1.807) is 23.7 Å². The van der Waals surface area contributed by atoms with Gasteiger partial charge in [0, 0.05) is 20.6 Å². The molecule has 0 radical (unpaired) electrons. The van der Waals surface area contributed by atoms with Gasteiger partial charge in [-0.25, -0.2) is 9.18 Å². The Labute approximate surface area is 176 Å². The van der Waals surface area contributed by atoms with Gasteiger partial charge in [-0.15, -0.1) is 0 Å². The lowest BCUT2D eigenvalue weighted by atomic mass is 10.1. The minimum absolute atomic E-state index is 0.144. The number of aliphatic hydroxyl groups excluding tert-OH is 1. The second kappa shape index (κ2) is 8.19. The Morgan fingerprint density at radius 1 is 1.03 bits per heavy atom. The minimum Gasteiger partial charge on any atom is -0.387 e. The molecule has 4 aromatic rings. The third kappa shape index (κ3) is 3.87. The van der Waals surface area contributed by atoms with Gasteiger partial charge in [-0.05, 0) is 23.3 Å². The Balaban J connectivity index is 1.78. The van der Waals surface area contributed by atoms with Crippen LogP contribution in [0, 0.1) is 5.82 Å². The summed E-state index contributed by atoms with van der Waals surface area (Å²) in [6, 6.07) is 15.1. The zero-order valence-corrected chi connectivity index (χ0v) is 17.1. The summed E-state index contributed by atoms with van der Waals surface area (Å²) < 4.78 is 17.3. The first-order chi connectivity index (χ1) is 14.9. The van der Waals surface area contributed by atoms with Crippen molar-refractivity contribution >= 4 is 17.1 Å². The number of benzene rings is 2. The molecule has 160 valence electrons. The summed E-state index contributed by atoms with van der Waals surface area (Å²) in [5, 5.41) is 13.6. The quantitative estimate of drug-likeness (QED) is 0.493. The molecule has 31 heavy (non-hydrogen) atoms. The van der Waals surface area contributed by atoms with Crippen LogP contribution in [-0.4, -0.2) is 30.3 Å². The summed E-state index contributed by atoms with van der Waals surface area (Å²) in [7, 11) is 2.95. The average Bonchev–Trinajstić information content (AvgIpc) is 3.15. The van der Waals surface area contributed by atoms with Crippen LogP contribution in [-0.2, 0) is 20.6 Å². The van der Waals surface area contributed by atoms with Crippen LogP contribution < -0.4 is 16.6 Å². The largest absolute Gasteiger partial charge is 0.387 e. The molecule has 0 aliphatic carbocycles. The predicted octanol–water partition coefficient (Wildman–Crippen LogP) is 1.77. The number of rotatable bonds is 6. The third-order valence-corrected chi connectivity index (χ3v) is 5.24. The molecule has 8 nitrogen and oxygen atoms in total. The molecule has 1 atom stereocenters. The summed E-state index contributed by atoms with van der Waals surface area (Å²) in [4.78, 5) is 29.7. The number of hydrogen-bond donors (Lipinski definition) is 2. The van der Waals surface area contributed by atoms with Crippen LogP contribution in [0.2, 0.25) is 0 Å². The summed E-state index contributed by atoms with van der Waals surface area (Å²) in [6.07, 6.45) is -0.799. The van der Waals surface area contributed by atoms with E-state index in [1.165, 1.54) is 23.7 Å². The Bertz CT molecular complexity index is 1340. The lowest BCUT2D eigenvalue weighted by Gasteiger charge is -2.14. The fourth-order valence-corrected chi connectivity index (χ4v) is 3.49. The van der Waals surface area contributed by atoms with Gasteiger partial charge >= 0.3 is 5.69 Å². The molecule has 2 heterocycles. The molecule has 9 heteroatoms. The second-order valence-electron chi connectivity index (χ2n) is 7.33. The van der Waals surface area contributed by atoms with Gasteiger partial charge in [0.2, 0.25) is 5.95 Å². The maximum Gasteiger partial charge on any atom is 0.332 e. The third-order valence-electron chi connectivity index (χ3n) is 5.24. The summed E-state index contributed by atoms with van der Waals surface area (Å²) in [6.45, 7) is 0.374. The number of aromatic nitrogens is 4. The molecule has 2 aromatic heterocycles. The highest BCUT2D eigenvalue weighted by Crippen LogP contribution is 2.20. The van der Waals surface area contributed by atoms with Crippen molar-refractivity contribution in [2.75, 3.05) is 11.9 Å². The average molecular weight is 423 g/mol. The zero-order valence-electron chi connectivity index (χ0n) is 17.1. The van der Waals surface area contributed by atoms with Crippen molar-refractivity contribution < 1.29 is 9.50 Å². The molecule has 0 bridgehead atoms. The summed E-state index contributed by atoms with van der Waals surface area (Å²) in [5.41, 5.74) is 0.990. The van der Waals surface area contributed by atoms with Gasteiger partial charge in [0.15, 0.2) is 11.2 Å². The van der Waals surface area contributed by atoms with Gasteiger partial charge in [0.05, 0.1) is 12.6 Å². The van der Waals surface area contributed by atoms with Crippen molar-refractivity contribution in [3.8, 4) is 0 Å². The Morgan fingerprint density at radius 2 is 1.71 bits per heavy atom. The SMILES string of the molecule is Cn1c(=O)c2c(nc(NC[C@H](O)c3ccccc3)n2Cc2ccc(F)cc2)n(C)c1=O. The maximum absolute atomic E-state index is 13.3. The summed E-state index contributed by atoms with van der Waals surface area (Å²) in [5.74, 6) is -0.0329. The van der Waals surface area contributed by atoms with Crippen LogP contribution in [0.1, 0.15) is 17.2 Å². The van der Waals surface area contributed by atoms with E-state index in [1.807, 2.05) is 30.3 Å². The number of anilines is 1. The van der Waals surface area contributed by atoms with E-state index >= 15 is 0 Å². The van der Waals surface area contributed by atoms with Crippen LogP contribution in [0.4, 0.5) is 10.3 Å². The lowest BCUT2D eigenvalue weighted by Crippen LogP contribution is -2.37. The molecular formula is C22H22FN5O3. The van der Waals surface area contributed by atoms with Crippen molar-refractivity contribution in [3.63, 3.8) is 0 Å². The van der Waals surface area contributed by atoms with Crippen molar-refractivity contribution in [2.45, 2.75) is 12.6 Å². The number of fused-ring (bicyclic) bond motifs is 1. The molecule has 0 saturated carbocycles. The van der Waals surface area contributed by atoms with E-state index in [-0.39, 0.29) is 30.1 Å². The van der Waals surface area contributed by atoms with Crippen LogP contribution in [0.15, 0.2) is 64.2 Å². The van der Waals surface area contributed by atoms with Crippen molar-refractivity contribution in [3.05, 3.63) is 92.4 Å². The van der Waals surface area contributed by atoms with Crippen LogP contribution in [0.25, 0.3) is 11.2 Å². The highest BCUT2D eigenvalue weighted by Gasteiger charge is 2.20. The zero-order chi connectivity index (χ0) is 22.1. The van der Waals surface area contributed by atoms with Crippen molar-refractivity contribution in [1.29, 1.82) is 0 Å². The highest BCUT2D eigenvalue weighted by atomic mass is 19.1. The number of hydrogen-bond acceptors (Lipinski definition) is 5. The molecule has 0 saturated heterocycles. The first kappa shape index (κ1) is 20.5. The first-order valence-electron chi connectivity index (χ1n) is 9.74. The predicted molar refractivity (Wildman–Crippen MR) is 116 cm³/mol. The van der Waals surface area contributed by atoms with E-state index in [0.29, 0.717) is 5.95 Å². The monoisotopic (exact) mass is 423 g/mol. The van der Waals surface area contributed by atoms with Crippen molar-refractivity contribution in [2.24, 2.45) is 14.1 Å². The van der Waals surface area contributed by atoms with Gasteiger partial charge in [0.1, 0.15) is 5.82 Å². The number of halogens is 1. The number of aryl methyl sites for hydroxylation is 1. The normalized spacial score (nSPS) is 12.3. The molecule has 0 aliphatic rings. The van der Waals surface area contributed by atoms with Gasteiger partial charge in [0.25, 0.3) is 5.56 Å². The number of imidazole rings is 1. The van der Waals surface area contributed by atoms with E-state index in [0.717, 1.165) is 15.7 Å². The van der Waals surface area contributed by atoms with E-state index in [2.05, 4.69) is 10.3 Å². The number of nitrogens with one attached hydrogen (secondary N) is 1. The van der Waals surface area contributed by atoms with Gasteiger partial charge in [-0.3, -0.25) is 18.5 Å². The molecule has 0 amide bonds. The standard InChI is InChI=1S/C22H22FN5O3/c1-26-19-18(20(30)27(2)22(26)31)28(13-14-8-10-16(23)11-9-14)21(25-19)24-12-17(29)15-6-4-3-5-7-15/h3-11,17,29H,12-13H2,1-2H3,(H,24,25)/t17-/m0/s1. The molecule has 4 rings (SSSR count). The summed E-state index contributed by atoms with van der Waals surface area (Å²) >= 11 is 0. The van der Waals surface area contributed by atoms with Crippen molar-refractivity contribution in [1.82, 2.24) is 18.7 Å². The Kier molecular flexibility index (Phi) is 5.43. The van der Waals surface area contributed by atoms with E-state index in [4.69, 9.17) is 0 Å². The van der Waals surface area contributed by atoms with Gasteiger partial charge < -0.3 is 10.4 Å². The van der Waals surface area contributed by atoms with E-state index in [9.17, 15) is 19.1 Å².